The SMILES string of the molecule is C#Cc1cc(NN)ccn1. The lowest BCUT2D eigenvalue weighted by molar-refractivity contribution is 1.26. The number of nitrogen functional groups attached to an aromatic ring is 1. The molecule has 0 aliphatic rings. The number of hydrogen-bond acceptors (Lipinski definition) is 3. The molecular formula is C7H7N3. The van der Waals surface area contributed by atoms with E-state index in [-0.39, 0.29) is 0 Å². The molecule has 1 aromatic heterocycles. The van der Waals surface area contributed by atoms with E-state index in [0.717, 1.165) is 5.69 Å². The first-order valence-electron chi connectivity index (χ1n) is 2.76. The molecule has 0 bridgehead atoms. The van der Waals surface area contributed by atoms with Crippen molar-refractivity contribution in [2.75, 3.05) is 5.43 Å². The van der Waals surface area contributed by atoms with Gasteiger partial charge < -0.3 is 5.43 Å². The smallest absolute Gasteiger partial charge is 0.114 e. The summed E-state index contributed by atoms with van der Waals surface area (Å²) in [4.78, 5) is 3.87. The summed E-state index contributed by atoms with van der Waals surface area (Å²) >= 11 is 0. The van der Waals surface area contributed by atoms with Gasteiger partial charge in [-0.3, -0.25) is 5.84 Å². The number of hydrazine groups is 1. The number of pyridine rings is 1. The summed E-state index contributed by atoms with van der Waals surface area (Å²) in [5.74, 6) is 7.52. The summed E-state index contributed by atoms with van der Waals surface area (Å²) in [6.45, 7) is 0. The van der Waals surface area contributed by atoms with Gasteiger partial charge in [0.05, 0.1) is 5.69 Å². The molecule has 50 valence electrons. The molecule has 0 aromatic carbocycles. The molecule has 1 heterocycles. The highest BCUT2D eigenvalue weighted by Gasteiger charge is 1.89. The first-order valence-corrected chi connectivity index (χ1v) is 2.76. The molecule has 3 N–H and O–H groups in total. The molecular weight excluding hydrogens is 126 g/mol. The number of terminal acetylenes is 1. The van der Waals surface area contributed by atoms with Gasteiger partial charge in [-0.2, -0.15) is 0 Å². The van der Waals surface area contributed by atoms with Crippen LogP contribution >= 0.6 is 0 Å². The molecule has 0 saturated heterocycles. The summed E-state index contributed by atoms with van der Waals surface area (Å²) < 4.78 is 0. The number of rotatable bonds is 1. The highest BCUT2D eigenvalue weighted by Crippen LogP contribution is 2.03. The zero-order valence-electron chi connectivity index (χ0n) is 5.33. The van der Waals surface area contributed by atoms with Crippen LogP contribution in [0.5, 0.6) is 0 Å². The van der Waals surface area contributed by atoms with Crippen LogP contribution in [-0.4, -0.2) is 4.98 Å². The lowest BCUT2D eigenvalue weighted by Gasteiger charge is -1.96. The summed E-state index contributed by atoms with van der Waals surface area (Å²) in [6, 6.07) is 3.43. The number of nitrogens with two attached hydrogens (primary N) is 1. The minimum absolute atomic E-state index is 0.579. The Balaban J connectivity index is 3.01. The second-order valence-corrected chi connectivity index (χ2v) is 1.72. The molecule has 0 aliphatic heterocycles. The van der Waals surface area contributed by atoms with Gasteiger partial charge in [0.1, 0.15) is 5.69 Å². The fourth-order valence-corrected chi connectivity index (χ4v) is 0.599. The van der Waals surface area contributed by atoms with E-state index >= 15 is 0 Å². The normalized spacial score (nSPS) is 8.40. The van der Waals surface area contributed by atoms with Crippen LogP contribution < -0.4 is 11.3 Å². The summed E-state index contributed by atoms with van der Waals surface area (Å²) in [5, 5.41) is 0. The molecule has 0 spiro atoms. The maximum atomic E-state index is 5.13. The quantitative estimate of drug-likeness (QED) is 0.330. The van der Waals surface area contributed by atoms with Crippen molar-refractivity contribution < 1.29 is 0 Å². The van der Waals surface area contributed by atoms with Gasteiger partial charge in [-0.25, -0.2) is 4.98 Å². The molecule has 0 amide bonds. The molecule has 0 fully saturated rings. The Morgan fingerprint density at radius 2 is 2.50 bits per heavy atom. The van der Waals surface area contributed by atoms with E-state index in [4.69, 9.17) is 12.3 Å². The van der Waals surface area contributed by atoms with Gasteiger partial charge in [-0.15, -0.1) is 6.42 Å². The highest BCUT2D eigenvalue weighted by atomic mass is 15.2. The van der Waals surface area contributed by atoms with Gasteiger partial charge in [-0.05, 0) is 12.1 Å². The molecule has 0 unspecified atom stereocenters. The Bertz CT molecular complexity index is 262. The molecule has 0 atom stereocenters. The van der Waals surface area contributed by atoms with Crippen LogP contribution in [0.1, 0.15) is 5.69 Å². The first kappa shape index (κ1) is 6.59. The monoisotopic (exact) mass is 133 g/mol. The van der Waals surface area contributed by atoms with Crippen molar-refractivity contribution in [3.63, 3.8) is 0 Å². The van der Waals surface area contributed by atoms with E-state index in [1.807, 2.05) is 0 Å². The summed E-state index contributed by atoms with van der Waals surface area (Å²) in [7, 11) is 0. The number of nitrogens with zero attached hydrogens (tertiary/aromatic N) is 1. The predicted octanol–water partition coefficient (Wildman–Crippen LogP) is 0.348. The molecule has 1 aromatic rings. The fourth-order valence-electron chi connectivity index (χ4n) is 0.599. The van der Waals surface area contributed by atoms with Crippen molar-refractivity contribution in [1.82, 2.24) is 4.98 Å². The van der Waals surface area contributed by atoms with Gasteiger partial charge in [0.2, 0.25) is 0 Å². The van der Waals surface area contributed by atoms with Gasteiger partial charge >= 0.3 is 0 Å². The van der Waals surface area contributed by atoms with Crippen molar-refractivity contribution in [1.29, 1.82) is 0 Å². The second-order valence-electron chi connectivity index (χ2n) is 1.72. The van der Waals surface area contributed by atoms with Crippen molar-refractivity contribution in [2.24, 2.45) is 5.84 Å². The second kappa shape index (κ2) is 2.85. The third-order valence-electron chi connectivity index (χ3n) is 1.07. The summed E-state index contributed by atoms with van der Waals surface area (Å²) in [6.07, 6.45) is 6.69. The van der Waals surface area contributed by atoms with E-state index in [1.54, 1.807) is 18.3 Å². The van der Waals surface area contributed by atoms with Gasteiger partial charge in [-0.1, -0.05) is 5.92 Å². The van der Waals surface area contributed by atoms with Crippen molar-refractivity contribution >= 4 is 5.69 Å². The zero-order valence-corrected chi connectivity index (χ0v) is 5.33. The fraction of sp³-hybridized carbons (Fsp3) is 0. The maximum Gasteiger partial charge on any atom is 0.114 e. The average molecular weight is 133 g/mol. The number of hydrogen-bond donors (Lipinski definition) is 2. The van der Waals surface area contributed by atoms with Crippen molar-refractivity contribution in [3.8, 4) is 12.3 Å². The van der Waals surface area contributed by atoms with E-state index in [2.05, 4.69) is 16.3 Å². The standard InChI is InChI=1S/C7H7N3/c1-2-6-5-7(10-8)3-4-9-6/h1,3-5H,8H2,(H,9,10). The van der Waals surface area contributed by atoms with E-state index in [9.17, 15) is 0 Å². The first-order chi connectivity index (χ1) is 4.86. The lowest BCUT2D eigenvalue weighted by atomic mass is 10.3. The molecule has 10 heavy (non-hydrogen) atoms. The average Bonchev–Trinajstić information content (AvgIpc) is 2.05. The van der Waals surface area contributed by atoms with Gasteiger partial charge in [0, 0.05) is 6.20 Å². The van der Waals surface area contributed by atoms with Crippen LogP contribution in [0.15, 0.2) is 18.3 Å². The Morgan fingerprint density at radius 3 is 3.10 bits per heavy atom. The minimum atomic E-state index is 0.579. The molecule has 1 rings (SSSR count). The predicted molar refractivity (Wildman–Crippen MR) is 40.0 cm³/mol. The van der Waals surface area contributed by atoms with E-state index in [0.29, 0.717) is 5.69 Å². The van der Waals surface area contributed by atoms with Crippen LogP contribution in [0.4, 0.5) is 5.69 Å². The number of anilines is 1. The molecule has 3 heteroatoms. The topological polar surface area (TPSA) is 50.9 Å². The zero-order chi connectivity index (χ0) is 7.40. The van der Waals surface area contributed by atoms with Gasteiger partial charge in [0.15, 0.2) is 0 Å². The summed E-state index contributed by atoms with van der Waals surface area (Å²) in [5.41, 5.74) is 3.81. The maximum absolute atomic E-state index is 5.13. The number of nitrogens with one attached hydrogen (secondary N) is 1. The molecule has 0 radical (unpaired) electrons. The Labute approximate surface area is 59.2 Å². The lowest BCUT2D eigenvalue weighted by Crippen LogP contribution is -2.06. The van der Waals surface area contributed by atoms with Crippen molar-refractivity contribution in [2.45, 2.75) is 0 Å². The minimum Gasteiger partial charge on any atom is -0.324 e. The van der Waals surface area contributed by atoms with Gasteiger partial charge in [0.25, 0.3) is 0 Å². The third kappa shape index (κ3) is 1.24. The van der Waals surface area contributed by atoms with Crippen LogP contribution in [0.25, 0.3) is 0 Å². The van der Waals surface area contributed by atoms with Crippen LogP contribution in [0, 0.1) is 12.3 Å². The Hall–Kier alpha value is -1.53. The Kier molecular flexibility index (Phi) is 1.88. The highest BCUT2D eigenvalue weighted by molar-refractivity contribution is 5.45. The van der Waals surface area contributed by atoms with E-state index in [1.165, 1.54) is 0 Å². The van der Waals surface area contributed by atoms with Crippen LogP contribution in [-0.2, 0) is 0 Å². The third-order valence-corrected chi connectivity index (χ3v) is 1.07. The largest absolute Gasteiger partial charge is 0.324 e. The van der Waals surface area contributed by atoms with E-state index < -0.39 is 0 Å². The molecule has 3 nitrogen and oxygen atoms in total. The Morgan fingerprint density at radius 1 is 1.70 bits per heavy atom. The van der Waals surface area contributed by atoms with Crippen LogP contribution in [0.2, 0.25) is 0 Å². The number of aromatic nitrogens is 1. The molecule has 0 aliphatic carbocycles. The molecule has 0 saturated carbocycles. The van der Waals surface area contributed by atoms with Crippen LogP contribution in [0.3, 0.4) is 0 Å². The van der Waals surface area contributed by atoms with Crippen molar-refractivity contribution in [3.05, 3.63) is 24.0 Å².